The highest BCUT2D eigenvalue weighted by Crippen LogP contribution is 2.34. The number of rotatable bonds is 6. The van der Waals surface area contributed by atoms with Gasteiger partial charge in [-0.2, -0.15) is 0 Å². The Balaban J connectivity index is 1.45. The van der Waals surface area contributed by atoms with Gasteiger partial charge in [0.1, 0.15) is 10.8 Å². The molecule has 2 heterocycles. The van der Waals surface area contributed by atoms with Crippen molar-refractivity contribution >= 4 is 43.2 Å². The molecule has 0 saturated carbocycles. The topological polar surface area (TPSA) is 79.8 Å². The highest BCUT2D eigenvalue weighted by atomic mass is 32.2. The van der Waals surface area contributed by atoms with Crippen LogP contribution < -0.4 is 9.04 Å². The summed E-state index contributed by atoms with van der Waals surface area (Å²) in [6, 6.07) is 19.7. The van der Waals surface area contributed by atoms with Gasteiger partial charge in [0.05, 0.1) is 40.0 Å². The van der Waals surface area contributed by atoms with Crippen molar-refractivity contribution in [3.63, 3.8) is 0 Å². The van der Waals surface area contributed by atoms with Crippen LogP contribution >= 0.6 is 11.3 Å². The van der Waals surface area contributed by atoms with Crippen molar-refractivity contribution in [2.75, 3.05) is 25.0 Å². The number of benzene rings is 3. The van der Waals surface area contributed by atoms with Crippen molar-refractivity contribution in [1.82, 2.24) is 9.88 Å². The number of fused-ring (bicyclic) bond motifs is 2. The van der Waals surface area contributed by atoms with Crippen molar-refractivity contribution in [2.45, 2.75) is 17.9 Å². The number of thiazole rings is 1. The number of methoxy groups -OCH3 is 1. The Kier molecular flexibility index (Phi) is 5.75. The first kappa shape index (κ1) is 22.4. The first-order valence-electron chi connectivity index (χ1n) is 10.8. The summed E-state index contributed by atoms with van der Waals surface area (Å²) in [7, 11) is -0.703. The van der Waals surface area contributed by atoms with E-state index in [1.807, 2.05) is 42.5 Å². The molecule has 1 aliphatic rings. The SMILES string of the molecule is COc1ccc(S(=O)(=O)N2CCc3ccccc32)cc1C(=O)N(C)Cc1nc2ccccc2s1. The van der Waals surface area contributed by atoms with Crippen LogP contribution in [0.4, 0.5) is 5.69 Å². The molecule has 5 rings (SSSR count). The van der Waals surface area contributed by atoms with Gasteiger partial charge in [0.15, 0.2) is 0 Å². The first-order chi connectivity index (χ1) is 16.4. The van der Waals surface area contributed by atoms with Crippen LogP contribution in [0.25, 0.3) is 10.2 Å². The van der Waals surface area contributed by atoms with Gasteiger partial charge in [0, 0.05) is 13.6 Å². The molecule has 4 aromatic rings. The Morgan fingerprint density at radius 2 is 1.88 bits per heavy atom. The van der Waals surface area contributed by atoms with Crippen LogP contribution in [0.1, 0.15) is 20.9 Å². The summed E-state index contributed by atoms with van der Waals surface area (Å²) in [6.45, 7) is 0.673. The molecule has 0 radical (unpaired) electrons. The number of hydrogen-bond acceptors (Lipinski definition) is 6. The average Bonchev–Trinajstić information content (AvgIpc) is 3.47. The second kappa shape index (κ2) is 8.73. The summed E-state index contributed by atoms with van der Waals surface area (Å²) < 4.78 is 34.8. The van der Waals surface area contributed by atoms with Crippen molar-refractivity contribution in [1.29, 1.82) is 0 Å². The van der Waals surface area contributed by atoms with E-state index in [0.29, 0.717) is 30.9 Å². The van der Waals surface area contributed by atoms with Gasteiger partial charge in [0.2, 0.25) is 0 Å². The lowest BCUT2D eigenvalue weighted by Gasteiger charge is -2.21. The minimum atomic E-state index is -3.84. The third-order valence-electron chi connectivity index (χ3n) is 5.89. The summed E-state index contributed by atoms with van der Waals surface area (Å²) in [6.07, 6.45) is 0.655. The van der Waals surface area contributed by atoms with E-state index in [0.717, 1.165) is 20.8 Å². The van der Waals surface area contributed by atoms with E-state index in [2.05, 4.69) is 4.98 Å². The van der Waals surface area contributed by atoms with Crippen molar-refractivity contribution in [2.24, 2.45) is 0 Å². The predicted molar refractivity (Wildman–Crippen MR) is 133 cm³/mol. The fourth-order valence-electron chi connectivity index (χ4n) is 4.17. The molecular formula is C25H23N3O4S2. The van der Waals surface area contributed by atoms with Gasteiger partial charge in [-0.15, -0.1) is 11.3 Å². The second-order valence-corrected chi connectivity index (χ2v) is 11.0. The summed E-state index contributed by atoms with van der Waals surface area (Å²) in [5.74, 6) is -0.0168. The maximum atomic E-state index is 13.5. The molecule has 3 aromatic carbocycles. The maximum absolute atomic E-state index is 13.5. The number of sulfonamides is 1. The molecule has 0 atom stereocenters. The minimum absolute atomic E-state index is 0.0572. The van der Waals surface area contributed by atoms with Gasteiger partial charge < -0.3 is 9.64 Å². The molecule has 34 heavy (non-hydrogen) atoms. The highest BCUT2D eigenvalue weighted by Gasteiger charge is 2.32. The van der Waals surface area contributed by atoms with Gasteiger partial charge in [-0.25, -0.2) is 13.4 Å². The molecule has 0 bridgehead atoms. The largest absolute Gasteiger partial charge is 0.496 e. The van der Waals surface area contributed by atoms with Crippen molar-refractivity contribution < 1.29 is 17.9 Å². The number of hydrogen-bond donors (Lipinski definition) is 0. The predicted octanol–water partition coefficient (Wildman–Crippen LogP) is 4.33. The zero-order valence-electron chi connectivity index (χ0n) is 18.8. The minimum Gasteiger partial charge on any atom is -0.496 e. The molecule has 9 heteroatoms. The number of ether oxygens (including phenoxy) is 1. The Morgan fingerprint density at radius 3 is 2.68 bits per heavy atom. The third kappa shape index (κ3) is 3.91. The molecular weight excluding hydrogens is 470 g/mol. The molecule has 174 valence electrons. The lowest BCUT2D eigenvalue weighted by Crippen LogP contribution is -2.30. The van der Waals surface area contributed by atoms with Gasteiger partial charge in [-0.3, -0.25) is 9.10 Å². The van der Waals surface area contributed by atoms with Gasteiger partial charge >= 0.3 is 0 Å². The molecule has 1 aromatic heterocycles. The molecule has 0 saturated heterocycles. The zero-order chi connectivity index (χ0) is 23.9. The zero-order valence-corrected chi connectivity index (χ0v) is 20.4. The lowest BCUT2D eigenvalue weighted by atomic mass is 10.1. The molecule has 0 N–H and O–H groups in total. The van der Waals surface area contributed by atoms with E-state index >= 15 is 0 Å². The quantitative estimate of drug-likeness (QED) is 0.400. The Labute approximate surface area is 202 Å². The molecule has 1 amide bonds. The Morgan fingerprint density at radius 1 is 1.12 bits per heavy atom. The Bertz CT molecular complexity index is 1460. The molecule has 1 aliphatic heterocycles. The van der Waals surface area contributed by atoms with Gasteiger partial charge in [0.25, 0.3) is 15.9 Å². The van der Waals surface area contributed by atoms with Crippen molar-refractivity contribution in [3.8, 4) is 5.75 Å². The summed E-state index contributed by atoms with van der Waals surface area (Å²) in [5.41, 5.74) is 2.75. The number of para-hydroxylation sites is 2. The maximum Gasteiger partial charge on any atom is 0.264 e. The monoisotopic (exact) mass is 493 g/mol. The van der Waals surface area contributed by atoms with E-state index < -0.39 is 10.0 Å². The normalized spacial score (nSPS) is 13.2. The van der Waals surface area contributed by atoms with Gasteiger partial charge in [-0.1, -0.05) is 30.3 Å². The van der Waals surface area contributed by atoms with E-state index in [4.69, 9.17) is 4.74 Å². The van der Waals surface area contributed by atoms with Crippen LogP contribution in [-0.4, -0.2) is 44.9 Å². The number of nitrogens with zero attached hydrogens (tertiary/aromatic N) is 3. The molecule has 7 nitrogen and oxygen atoms in total. The number of carbonyl (C=O) groups is 1. The van der Waals surface area contributed by atoms with E-state index in [1.54, 1.807) is 13.1 Å². The van der Waals surface area contributed by atoms with Gasteiger partial charge in [-0.05, 0) is 48.4 Å². The molecule has 0 fully saturated rings. The highest BCUT2D eigenvalue weighted by molar-refractivity contribution is 7.92. The standard InChI is InChI=1S/C25H23N3O4S2/c1-27(16-24-26-20-8-4-6-10-23(20)33-24)25(29)19-15-18(11-12-22(19)32-2)34(30,31)28-14-13-17-7-3-5-9-21(17)28/h3-12,15H,13-14,16H2,1-2H3. The fraction of sp³-hybridized carbons (Fsp3) is 0.200. The third-order valence-corrected chi connectivity index (χ3v) is 8.72. The van der Waals surface area contributed by atoms with Crippen LogP contribution in [0.2, 0.25) is 0 Å². The number of carbonyl (C=O) groups excluding carboxylic acids is 1. The first-order valence-corrected chi connectivity index (χ1v) is 13.0. The van der Waals surface area contributed by atoms with E-state index in [-0.39, 0.29) is 16.4 Å². The van der Waals surface area contributed by atoms with Crippen LogP contribution in [0.15, 0.2) is 71.6 Å². The number of amides is 1. The molecule has 0 aliphatic carbocycles. The van der Waals surface area contributed by atoms with Crippen LogP contribution in [0.5, 0.6) is 5.75 Å². The molecule has 0 unspecified atom stereocenters. The summed E-state index contributed by atoms with van der Waals surface area (Å²) in [5, 5.41) is 0.800. The van der Waals surface area contributed by atoms with Crippen LogP contribution in [-0.2, 0) is 23.0 Å². The smallest absolute Gasteiger partial charge is 0.264 e. The second-order valence-electron chi connectivity index (χ2n) is 8.05. The number of aromatic nitrogens is 1. The van der Waals surface area contributed by atoms with E-state index in [9.17, 15) is 13.2 Å². The summed E-state index contributed by atoms with van der Waals surface area (Å²) >= 11 is 1.53. The molecule has 0 spiro atoms. The number of anilines is 1. The average molecular weight is 494 g/mol. The summed E-state index contributed by atoms with van der Waals surface area (Å²) in [4.78, 5) is 19.5. The van der Waals surface area contributed by atoms with Crippen molar-refractivity contribution in [3.05, 3.63) is 82.9 Å². The lowest BCUT2D eigenvalue weighted by molar-refractivity contribution is 0.0781. The van der Waals surface area contributed by atoms with Crippen LogP contribution in [0, 0.1) is 0 Å². The van der Waals surface area contributed by atoms with Crippen LogP contribution in [0.3, 0.4) is 0 Å². The van der Waals surface area contributed by atoms with E-state index in [1.165, 1.54) is 45.9 Å². The Hall–Kier alpha value is -3.43. The fourth-order valence-corrected chi connectivity index (χ4v) is 6.72.